The average molecular weight is 343 g/mol. The third-order valence-corrected chi connectivity index (χ3v) is 4.67. The molecule has 2 aromatic rings. The largest absolute Gasteiger partial charge is 0.477 e. The number of ether oxygens (including phenoxy) is 1. The molecule has 2 aromatic heterocycles. The zero-order valence-electron chi connectivity index (χ0n) is 11.7. The quantitative estimate of drug-likeness (QED) is 0.540. The fourth-order valence-corrected chi connectivity index (χ4v) is 3.58. The predicted octanol–water partition coefficient (Wildman–Crippen LogP) is 3.61. The highest BCUT2D eigenvalue weighted by Crippen LogP contribution is 2.39. The van der Waals surface area contributed by atoms with E-state index in [4.69, 9.17) is 27.9 Å². The summed E-state index contributed by atoms with van der Waals surface area (Å²) in [4.78, 5) is 14.5. The van der Waals surface area contributed by atoms with Crippen molar-refractivity contribution in [1.29, 1.82) is 0 Å². The van der Waals surface area contributed by atoms with Crippen LogP contribution in [-0.2, 0) is 0 Å². The van der Waals surface area contributed by atoms with Gasteiger partial charge in [0.2, 0.25) is 11.2 Å². The molecule has 0 bridgehead atoms. The summed E-state index contributed by atoms with van der Waals surface area (Å²) in [6, 6.07) is 0.315. The monoisotopic (exact) mass is 342 g/mol. The van der Waals surface area contributed by atoms with Gasteiger partial charge in [-0.25, -0.2) is 9.37 Å². The van der Waals surface area contributed by atoms with E-state index >= 15 is 0 Å². The summed E-state index contributed by atoms with van der Waals surface area (Å²) in [5, 5.41) is 0.191. The Bertz CT molecular complexity index is 757. The average Bonchev–Trinajstić information content (AvgIpc) is 2.50. The van der Waals surface area contributed by atoms with Gasteiger partial charge in [0.05, 0.1) is 6.61 Å². The summed E-state index contributed by atoms with van der Waals surface area (Å²) in [6.07, 6.45) is 4.16. The molecule has 8 heteroatoms. The first kappa shape index (κ1) is 14.2. The maximum absolute atomic E-state index is 14.3. The number of anilines is 1. The molecule has 2 aliphatic heterocycles. The molecule has 0 spiro atoms. The standard InChI is InChI=1S/C14H13Cl2FN4O/c15-11-9(17)10-8-12(20-14(16)18-10)21-5-2-1-3-7(21)4-6-22-13(8)19-11/h7H,1-6H2/t7-/m0/s1. The second kappa shape index (κ2) is 5.35. The molecule has 0 amide bonds. The topological polar surface area (TPSA) is 51.1 Å². The minimum Gasteiger partial charge on any atom is -0.477 e. The van der Waals surface area contributed by atoms with Gasteiger partial charge in [0, 0.05) is 19.0 Å². The Labute approximate surface area is 136 Å². The Kier molecular flexibility index (Phi) is 3.46. The molecule has 4 heterocycles. The van der Waals surface area contributed by atoms with Crippen LogP contribution >= 0.6 is 23.2 Å². The number of piperidine rings is 1. The van der Waals surface area contributed by atoms with Crippen LogP contribution in [0.4, 0.5) is 10.2 Å². The normalized spacial score (nSPS) is 21.0. The molecule has 116 valence electrons. The van der Waals surface area contributed by atoms with Crippen LogP contribution in [0.2, 0.25) is 10.4 Å². The van der Waals surface area contributed by atoms with Gasteiger partial charge in [-0.15, -0.1) is 0 Å². The number of aromatic nitrogens is 3. The lowest BCUT2D eigenvalue weighted by Crippen LogP contribution is -2.42. The van der Waals surface area contributed by atoms with Crippen molar-refractivity contribution >= 4 is 39.9 Å². The van der Waals surface area contributed by atoms with Gasteiger partial charge in [-0.1, -0.05) is 11.6 Å². The predicted molar refractivity (Wildman–Crippen MR) is 82.4 cm³/mol. The molecule has 0 N–H and O–H groups in total. The van der Waals surface area contributed by atoms with Crippen LogP contribution in [0.15, 0.2) is 0 Å². The molecule has 4 rings (SSSR count). The Balaban J connectivity index is 2.04. The highest BCUT2D eigenvalue weighted by atomic mass is 35.5. The van der Waals surface area contributed by atoms with E-state index in [9.17, 15) is 4.39 Å². The van der Waals surface area contributed by atoms with E-state index in [-0.39, 0.29) is 21.8 Å². The van der Waals surface area contributed by atoms with Crippen molar-refractivity contribution in [2.75, 3.05) is 18.1 Å². The molecule has 0 aliphatic carbocycles. The van der Waals surface area contributed by atoms with Crippen molar-refractivity contribution in [3.05, 3.63) is 16.3 Å². The SMILES string of the molecule is Fc1c(Cl)nc2c3c(nc(Cl)nc13)N1CCCC[C@H]1CCO2. The number of pyridine rings is 1. The molecule has 1 fully saturated rings. The molecule has 0 radical (unpaired) electrons. The lowest BCUT2D eigenvalue weighted by molar-refractivity contribution is 0.271. The van der Waals surface area contributed by atoms with E-state index in [2.05, 4.69) is 19.9 Å². The summed E-state index contributed by atoms with van der Waals surface area (Å²) >= 11 is 11.9. The Hall–Kier alpha value is -1.40. The van der Waals surface area contributed by atoms with Crippen LogP contribution in [0, 0.1) is 5.82 Å². The minimum absolute atomic E-state index is 0.000450. The first-order chi connectivity index (χ1) is 10.6. The maximum Gasteiger partial charge on any atom is 0.228 e. The zero-order valence-corrected chi connectivity index (χ0v) is 13.2. The van der Waals surface area contributed by atoms with Crippen LogP contribution < -0.4 is 9.64 Å². The summed E-state index contributed by atoms with van der Waals surface area (Å²) in [6.45, 7) is 1.37. The molecule has 22 heavy (non-hydrogen) atoms. The molecule has 0 aromatic carbocycles. The summed E-state index contributed by atoms with van der Waals surface area (Å²) < 4.78 is 20.1. The molecule has 1 atom stereocenters. The van der Waals surface area contributed by atoms with Crippen molar-refractivity contribution in [2.45, 2.75) is 31.7 Å². The second-order valence-electron chi connectivity index (χ2n) is 5.54. The fraction of sp³-hybridized carbons (Fsp3) is 0.500. The Morgan fingerprint density at radius 1 is 1.14 bits per heavy atom. The van der Waals surface area contributed by atoms with Crippen LogP contribution in [0.25, 0.3) is 10.9 Å². The van der Waals surface area contributed by atoms with Crippen LogP contribution in [0.1, 0.15) is 25.7 Å². The summed E-state index contributed by atoms with van der Waals surface area (Å²) in [7, 11) is 0. The number of nitrogens with zero attached hydrogens (tertiary/aromatic N) is 4. The highest BCUT2D eigenvalue weighted by molar-refractivity contribution is 6.31. The molecule has 0 saturated carbocycles. The maximum atomic E-state index is 14.3. The number of fused-ring (bicyclic) bond motifs is 2. The molecule has 0 unspecified atom stereocenters. The Morgan fingerprint density at radius 2 is 2.00 bits per heavy atom. The number of hydrogen-bond acceptors (Lipinski definition) is 5. The van der Waals surface area contributed by atoms with Crippen molar-refractivity contribution < 1.29 is 9.13 Å². The van der Waals surface area contributed by atoms with Gasteiger partial charge in [-0.3, -0.25) is 0 Å². The molecule has 1 saturated heterocycles. The number of hydrogen-bond donors (Lipinski definition) is 0. The molecule has 2 aliphatic rings. The summed E-state index contributed by atoms with van der Waals surface area (Å²) in [5.74, 6) is 0.179. The van der Waals surface area contributed by atoms with Crippen molar-refractivity contribution in [3.8, 4) is 5.88 Å². The van der Waals surface area contributed by atoms with E-state index in [0.29, 0.717) is 23.9 Å². The van der Waals surface area contributed by atoms with E-state index < -0.39 is 5.82 Å². The highest BCUT2D eigenvalue weighted by Gasteiger charge is 2.31. The van der Waals surface area contributed by atoms with Gasteiger partial charge >= 0.3 is 0 Å². The number of halogens is 3. The summed E-state index contributed by atoms with van der Waals surface area (Å²) in [5.41, 5.74) is 0.0659. The third kappa shape index (κ3) is 2.16. The van der Waals surface area contributed by atoms with Gasteiger partial charge in [-0.05, 0) is 30.9 Å². The number of rotatable bonds is 0. The van der Waals surface area contributed by atoms with E-state index in [1.165, 1.54) is 6.42 Å². The van der Waals surface area contributed by atoms with Gasteiger partial charge in [-0.2, -0.15) is 9.97 Å². The van der Waals surface area contributed by atoms with Crippen molar-refractivity contribution in [1.82, 2.24) is 15.0 Å². The lowest BCUT2D eigenvalue weighted by atomic mass is 9.98. The second-order valence-corrected chi connectivity index (χ2v) is 6.24. The Morgan fingerprint density at radius 3 is 2.86 bits per heavy atom. The van der Waals surface area contributed by atoms with Gasteiger partial charge in [0.25, 0.3) is 0 Å². The van der Waals surface area contributed by atoms with Crippen molar-refractivity contribution in [3.63, 3.8) is 0 Å². The van der Waals surface area contributed by atoms with E-state index in [0.717, 1.165) is 25.8 Å². The van der Waals surface area contributed by atoms with Crippen LogP contribution in [-0.4, -0.2) is 34.1 Å². The zero-order chi connectivity index (χ0) is 15.3. The van der Waals surface area contributed by atoms with Gasteiger partial charge < -0.3 is 9.64 Å². The van der Waals surface area contributed by atoms with E-state index in [1.807, 2.05) is 0 Å². The minimum atomic E-state index is -0.691. The first-order valence-electron chi connectivity index (χ1n) is 7.27. The third-order valence-electron chi connectivity index (χ3n) is 4.25. The van der Waals surface area contributed by atoms with Crippen LogP contribution in [0.3, 0.4) is 0 Å². The molecular weight excluding hydrogens is 330 g/mol. The van der Waals surface area contributed by atoms with E-state index in [1.54, 1.807) is 0 Å². The van der Waals surface area contributed by atoms with Gasteiger partial charge in [0.15, 0.2) is 11.0 Å². The fourth-order valence-electron chi connectivity index (χ4n) is 3.25. The lowest BCUT2D eigenvalue weighted by Gasteiger charge is -2.38. The smallest absolute Gasteiger partial charge is 0.228 e. The van der Waals surface area contributed by atoms with Crippen LogP contribution in [0.5, 0.6) is 5.88 Å². The first-order valence-corrected chi connectivity index (χ1v) is 8.02. The van der Waals surface area contributed by atoms with Gasteiger partial charge in [0.1, 0.15) is 16.7 Å². The molecule has 5 nitrogen and oxygen atoms in total. The van der Waals surface area contributed by atoms with Crippen molar-refractivity contribution in [2.24, 2.45) is 0 Å². The molecular formula is C14H13Cl2FN4O.